The van der Waals surface area contributed by atoms with Gasteiger partial charge in [-0.3, -0.25) is 5.43 Å². The highest BCUT2D eigenvalue weighted by Gasteiger charge is 2.06. The van der Waals surface area contributed by atoms with Gasteiger partial charge in [-0.2, -0.15) is 10.4 Å². The number of thiocarbonyl (C=S) groups is 1. The third-order valence-electron chi connectivity index (χ3n) is 1.64. The van der Waals surface area contributed by atoms with Gasteiger partial charge in [0, 0.05) is 0 Å². The van der Waals surface area contributed by atoms with Crippen molar-refractivity contribution in [2.24, 2.45) is 10.8 Å². The second-order valence-corrected chi connectivity index (χ2v) is 4.46. The molecule has 0 unspecified atom stereocenters. The minimum atomic E-state index is -0.115. The van der Waals surface area contributed by atoms with E-state index in [-0.39, 0.29) is 10.7 Å². The molecule has 0 aliphatic rings. The van der Waals surface area contributed by atoms with Crippen molar-refractivity contribution in [1.29, 1.82) is 5.26 Å². The van der Waals surface area contributed by atoms with E-state index in [1.54, 1.807) is 6.07 Å². The van der Waals surface area contributed by atoms with Crippen molar-refractivity contribution in [3.05, 3.63) is 27.2 Å². The summed E-state index contributed by atoms with van der Waals surface area (Å²) in [5, 5.41) is 13.3. The molecular weight excluding hydrogens is 303 g/mol. The highest BCUT2D eigenvalue weighted by Crippen LogP contribution is 2.32. The van der Waals surface area contributed by atoms with Gasteiger partial charge in [-0.05, 0) is 12.1 Å². The zero-order chi connectivity index (χ0) is 13.0. The molecule has 1 rings (SSSR count). The molecule has 1 aromatic carbocycles. The molecule has 0 spiro atoms. The Kier molecular flexibility index (Phi) is 4.97. The van der Waals surface area contributed by atoms with Crippen LogP contribution in [0.25, 0.3) is 0 Å². The van der Waals surface area contributed by atoms with E-state index in [1.807, 2.05) is 0 Å². The van der Waals surface area contributed by atoms with Crippen LogP contribution in [0.5, 0.6) is 0 Å². The van der Waals surface area contributed by atoms with Crippen LogP contribution in [0.4, 0.5) is 5.69 Å². The van der Waals surface area contributed by atoms with Crippen molar-refractivity contribution in [2.45, 2.75) is 0 Å². The summed E-state index contributed by atoms with van der Waals surface area (Å²) in [6.07, 6.45) is 0. The number of nitrogens with zero attached hydrogens (tertiary/aromatic N) is 2. The van der Waals surface area contributed by atoms with Gasteiger partial charge in [-0.1, -0.05) is 47.0 Å². The number of nitriles is 1. The maximum Gasteiger partial charge on any atom is 0.194 e. The SMILES string of the molecule is N#C/C(=N\Nc1cc(Cl)c(Cl)cc1Cl)C(N)=S. The monoisotopic (exact) mass is 306 g/mol. The number of benzene rings is 1. The van der Waals surface area contributed by atoms with E-state index >= 15 is 0 Å². The molecule has 1 aromatic rings. The third kappa shape index (κ3) is 3.72. The summed E-state index contributed by atoms with van der Waals surface area (Å²) >= 11 is 22.1. The van der Waals surface area contributed by atoms with Crippen LogP contribution >= 0.6 is 47.0 Å². The Morgan fingerprint density at radius 1 is 1.29 bits per heavy atom. The summed E-state index contributed by atoms with van der Waals surface area (Å²) in [5.41, 5.74) is 8.08. The molecule has 0 aromatic heterocycles. The van der Waals surface area contributed by atoms with E-state index in [2.05, 4.69) is 22.7 Å². The largest absolute Gasteiger partial charge is 0.387 e. The fourth-order valence-corrected chi connectivity index (χ4v) is 1.54. The molecule has 17 heavy (non-hydrogen) atoms. The Bertz CT molecular complexity index is 536. The molecule has 0 saturated carbocycles. The molecule has 0 fully saturated rings. The lowest BCUT2D eigenvalue weighted by molar-refractivity contribution is 1.34. The van der Waals surface area contributed by atoms with Crippen molar-refractivity contribution in [3.63, 3.8) is 0 Å². The van der Waals surface area contributed by atoms with Gasteiger partial charge >= 0.3 is 0 Å². The number of hydrazone groups is 1. The van der Waals surface area contributed by atoms with E-state index in [4.69, 9.17) is 45.8 Å². The number of hydrogen-bond acceptors (Lipinski definition) is 4. The predicted molar refractivity (Wildman–Crippen MR) is 74.9 cm³/mol. The van der Waals surface area contributed by atoms with Crippen LogP contribution in [0.3, 0.4) is 0 Å². The van der Waals surface area contributed by atoms with Crippen LogP contribution in [0.2, 0.25) is 15.1 Å². The normalized spacial score (nSPS) is 10.8. The van der Waals surface area contributed by atoms with Crippen molar-refractivity contribution in [1.82, 2.24) is 0 Å². The highest BCUT2D eigenvalue weighted by molar-refractivity contribution is 7.82. The minimum absolute atomic E-state index is 0.109. The first-order valence-corrected chi connectivity index (χ1v) is 5.68. The average Bonchev–Trinajstić information content (AvgIpc) is 2.25. The molecule has 3 N–H and O–H groups in total. The molecule has 0 aliphatic carbocycles. The number of rotatable bonds is 3. The number of halogens is 3. The van der Waals surface area contributed by atoms with Gasteiger partial charge in [0.25, 0.3) is 0 Å². The van der Waals surface area contributed by atoms with E-state index < -0.39 is 0 Å². The first kappa shape index (κ1) is 14.0. The number of hydrogen-bond donors (Lipinski definition) is 2. The fourth-order valence-electron chi connectivity index (χ4n) is 0.860. The molecule has 0 radical (unpaired) electrons. The Morgan fingerprint density at radius 2 is 1.88 bits per heavy atom. The lowest BCUT2D eigenvalue weighted by atomic mass is 10.3. The van der Waals surface area contributed by atoms with Gasteiger partial charge in [-0.25, -0.2) is 0 Å². The Balaban J connectivity index is 3.01. The van der Waals surface area contributed by atoms with Gasteiger partial charge in [-0.15, -0.1) is 0 Å². The summed E-state index contributed by atoms with van der Waals surface area (Å²) in [4.78, 5) is -0.115. The molecule has 0 atom stereocenters. The van der Waals surface area contributed by atoms with Crippen LogP contribution in [-0.4, -0.2) is 10.7 Å². The van der Waals surface area contributed by atoms with Gasteiger partial charge < -0.3 is 5.73 Å². The number of nitrogens with one attached hydrogen (secondary N) is 1. The van der Waals surface area contributed by atoms with Crippen LogP contribution in [0.1, 0.15) is 0 Å². The quantitative estimate of drug-likeness (QED) is 0.389. The van der Waals surface area contributed by atoms with Crippen molar-refractivity contribution in [3.8, 4) is 6.07 Å². The first-order valence-electron chi connectivity index (χ1n) is 4.14. The molecule has 0 aliphatic heterocycles. The van der Waals surface area contributed by atoms with Gasteiger partial charge in [0.05, 0.1) is 20.8 Å². The van der Waals surface area contributed by atoms with Gasteiger partial charge in [0.2, 0.25) is 0 Å². The Labute approximate surface area is 118 Å². The maximum absolute atomic E-state index is 8.67. The Hall–Kier alpha value is -1.06. The lowest BCUT2D eigenvalue weighted by Gasteiger charge is -2.05. The fraction of sp³-hybridized carbons (Fsp3) is 0. The van der Waals surface area contributed by atoms with E-state index in [0.29, 0.717) is 20.8 Å². The van der Waals surface area contributed by atoms with E-state index in [1.165, 1.54) is 12.1 Å². The standard InChI is InChI=1S/C9H5Cl3N4S/c10-4-1-6(12)7(2-5(4)11)15-16-8(3-13)9(14)17/h1-2,15H,(H2,14,17)/b16-8+. The molecular formula is C9H5Cl3N4S. The third-order valence-corrected chi connectivity index (χ3v) is 2.87. The molecule has 0 saturated heterocycles. The Morgan fingerprint density at radius 3 is 2.41 bits per heavy atom. The molecule has 0 heterocycles. The van der Waals surface area contributed by atoms with E-state index in [0.717, 1.165) is 0 Å². The lowest BCUT2D eigenvalue weighted by Crippen LogP contribution is -2.20. The minimum Gasteiger partial charge on any atom is -0.387 e. The second kappa shape index (κ2) is 6.03. The number of nitrogens with two attached hydrogens (primary N) is 1. The van der Waals surface area contributed by atoms with Gasteiger partial charge in [0.1, 0.15) is 11.1 Å². The number of anilines is 1. The zero-order valence-electron chi connectivity index (χ0n) is 8.17. The molecule has 0 bridgehead atoms. The first-order chi connectivity index (χ1) is 7.95. The van der Waals surface area contributed by atoms with Crippen molar-refractivity contribution < 1.29 is 0 Å². The summed E-state index contributed by atoms with van der Waals surface area (Å²) < 4.78 is 0. The molecule has 0 amide bonds. The summed E-state index contributed by atoms with van der Waals surface area (Å²) in [6, 6.07) is 4.67. The van der Waals surface area contributed by atoms with Crippen molar-refractivity contribution >= 4 is 63.4 Å². The summed E-state index contributed by atoms with van der Waals surface area (Å²) in [7, 11) is 0. The molecule has 4 nitrogen and oxygen atoms in total. The second-order valence-electron chi connectivity index (χ2n) is 2.79. The van der Waals surface area contributed by atoms with Crippen LogP contribution in [-0.2, 0) is 0 Å². The van der Waals surface area contributed by atoms with E-state index in [9.17, 15) is 0 Å². The maximum atomic E-state index is 8.67. The van der Waals surface area contributed by atoms with Gasteiger partial charge in [0.15, 0.2) is 5.71 Å². The highest BCUT2D eigenvalue weighted by atomic mass is 35.5. The topological polar surface area (TPSA) is 74.2 Å². The van der Waals surface area contributed by atoms with Crippen LogP contribution in [0.15, 0.2) is 17.2 Å². The molecule has 88 valence electrons. The summed E-state index contributed by atoms with van der Waals surface area (Å²) in [5.74, 6) is 0. The van der Waals surface area contributed by atoms with Crippen molar-refractivity contribution in [2.75, 3.05) is 5.43 Å². The average molecular weight is 308 g/mol. The summed E-state index contributed by atoms with van der Waals surface area (Å²) in [6.45, 7) is 0. The van der Waals surface area contributed by atoms with Crippen LogP contribution in [0, 0.1) is 11.3 Å². The zero-order valence-corrected chi connectivity index (χ0v) is 11.3. The molecule has 8 heteroatoms. The smallest absolute Gasteiger partial charge is 0.194 e. The predicted octanol–water partition coefficient (Wildman–Crippen LogP) is 3.22. The van der Waals surface area contributed by atoms with Crippen LogP contribution < -0.4 is 11.2 Å².